The predicted molar refractivity (Wildman–Crippen MR) is 109 cm³/mol. The van der Waals surface area contributed by atoms with E-state index in [9.17, 15) is 0 Å². The average Bonchev–Trinajstić information content (AvgIpc) is 3.24. The number of para-hydroxylation sites is 1. The third-order valence-electron chi connectivity index (χ3n) is 5.68. The van der Waals surface area contributed by atoms with Crippen LogP contribution in [-0.4, -0.2) is 4.98 Å². The Morgan fingerprint density at radius 3 is 2.56 bits per heavy atom. The van der Waals surface area contributed by atoms with Crippen LogP contribution >= 0.6 is 0 Å². The second kappa shape index (κ2) is 5.31. The molecule has 0 saturated carbocycles. The van der Waals surface area contributed by atoms with E-state index in [1.807, 2.05) is 18.3 Å². The molecule has 1 aliphatic carbocycles. The van der Waals surface area contributed by atoms with Crippen LogP contribution in [0.25, 0.3) is 33.1 Å². The molecule has 1 aliphatic rings. The maximum absolute atomic E-state index is 6.29. The van der Waals surface area contributed by atoms with Crippen LogP contribution in [0.15, 0.2) is 83.4 Å². The number of pyridine rings is 1. The summed E-state index contributed by atoms with van der Waals surface area (Å²) < 4.78 is 6.29. The topological polar surface area (TPSA) is 26.0 Å². The standard InChI is InChI=1S/C25H17NO/c1-15-10-11-19-21(14-15)16-6-2-3-8-18(16)23(19)24-25-20(12-13-26-24)17-7-4-5-9-22(17)27-25/h2-14,23H,1H3. The molecule has 0 N–H and O–H groups in total. The van der Waals surface area contributed by atoms with E-state index in [1.54, 1.807) is 0 Å². The fraction of sp³-hybridized carbons (Fsp3) is 0.0800. The van der Waals surface area contributed by atoms with Gasteiger partial charge >= 0.3 is 0 Å². The summed E-state index contributed by atoms with van der Waals surface area (Å²) in [5, 5.41) is 2.28. The normalized spacial score (nSPS) is 15.2. The molecule has 3 aromatic carbocycles. The number of aryl methyl sites for hydroxylation is 1. The van der Waals surface area contributed by atoms with Crippen LogP contribution in [0.3, 0.4) is 0 Å². The molecule has 0 saturated heterocycles. The lowest BCUT2D eigenvalue weighted by Gasteiger charge is -2.13. The molecule has 0 radical (unpaired) electrons. The zero-order chi connectivity index (χ0) is 18.0. The molecule has 2 aromatic heterocycles. The highest BCUT2D eigenvalue weighted by Crippen LogP contribution is 2.49. The molecule has 2 heterocycles. The van der Waals surface area contributed by atoms with Gasteiger partial charge in [-0.15, -0.1) is 0 Å². The molecule has 0 fully saturated rings. The summed E-state index contributed by atoms with van der Waals surface area (Å²) >= 11 is 0. The van der Waals surface area contributed by atoms with E-state index in [0.29, 0.717) is 0 Å². The van der Waals surface area contributed by atoms with E-state index in [0.717, 1.165) is 27.6 Å². The van der Waals surface area contributed by atoms with Crippen LogP contribution in [0, 0.1) is 6.92 Å². The maximum Gasteiger partial charge on any atom is 0.157 e. The molecule has 2 heteroatoms. The van der Waals surface area contributed by atoms with Crippen LogP contribution in [0.4, 0.5) is 0 Å². The third-order valence-corrected chi connectivity index (χ3v) is 5.68. The molecule has 0 amide bonds. The molecule has 0 spiro atoms. The lowest BCUT2D eigenvalue weighted by Crippen LogP contribution is -2.02. The molecule has 6 rings (SSSR count). The van der Waals surface area contributed by atoms with Gasteiger partial charge in [0.1, 0.15) is 5.58 Å². The van der Waals surface area contributed by atoms with Gasteiger partial charge in [0.2, 0.25) is 0 Å². The van der Waals surface area contributed by atoms with Gasteiger partial charge < -0.3 is 4.42 Å². The maximum atomic E-state index is 6.29. The summed E-state index contributed by atoms with van der Waals surface area (Å²) in [5.74, 6) is 0.0982. The van der Waals surface area contributed by atoms with Gasteiger partial charge in [-0.1, -0.05) is 66.2 Å². The molecular weight excluding hydrogens is 330 g/mol. The van der Waals surface area contributed by atoms with Gasteiger partial charge in [-0.3, -0.25) is 4.98 Å². The van der Waals surface area contributed by atoms with Gasteiger partial charge in [0.05, 0.1) is 11.6 Å². The van der Waals surface area contributed by atoms with E-state index in [-0.39, 0.29) is 5.92 Å². The SMILES string of the molecule is Cc1ccc2c(c1)-c1ccccc1C2c1nccc2c1oc1ccccc12. The van der Waals surface area contributed by atoms with Crippen molar-refractivity contribution in [2.75, 3.05) is 0 Å². The van der Waals surface area contributed by atoms with Crippen molar-refractivity contribution < 1.29 is 4.42 Å². The molecular formula is C25H17NO. The molecule has 0 aliphatic heterocycles. The third kappa shape index (κ3) is 1.98. The summed E-state index contributed by atoms with van der Waals surface area (Å²) in [5.41, 5.74) is 9.31. The second-order valence-corrected chi connectivity index (χ2v) is 7.28. The quantitative estimate of drug-likeness (QED) is 0.341. The Bertz CT molecular complexity index is 1350. The first-order chi connectivity index (χ1) is 13.3. The average molecular weight is 347 g/mol. The largest absolute Gasteiger partial charge is 0.454 e. The first kappa shape index (κ1) is 14.7. The highest BCUT2D eigenvalue weighted by Gasteiger charge is 2.32. The number of furan rings is 1. The fourth-order valence-electron chi connectivity index (χ4n) is 4.49. The first-order valence-electron chi connectivity index (χ1n) is 9.27. The molecule has 1 unspecified atom stereocenters. The van der Waals surface area contributed by atoms with E-state index in [1.165, 1.54) is 27.8 Å². The second-order valence-electron chi connectivity index (χ2n) is 7.28. The van der Waals surface area contributed by atoms with Crippen LogP contribution in [0.2, 0.25) is 0 Å². The Morgan fingerprint density at radius 2 is 1.59 bits per heavy atom. The van der Waals surface area contributed by atoms with Crippen molar-refractivity contribution in [1.82, 2.24) is 4.98 Å². The monoisotopic (exact) mass is 347 g/mol. The van der Waals surface area contributed by atoms with Crippen molar-refractivity contribution in [1.29, 1.82) is 0 Å². The first-order valence-corrected chi connectivity index (χ1v) is 9.27. The van der Waals surface area contributed by atoms with E-state index in [4.69, 9.17) is 9.40 Å². The van der Waals surface area contributed by atoms with Crippen molar-refractivity contribution in [3.05, 3.63) is 101 Å². The molecule has 27 heavy (non-hydrogen) atoms. The fourth-order valence-corrected chi connectivity index (χ4v) is 4.49. The Kier molecular flexibility index (Phi) is 2.90. The van der Waals surface area contributed by atoms with E-state index in [2.05, 4.69) is 67.6 Å². The van der Waals surface area contributed by atoms with Crippen molar-refractivity contribution in [2.45, 2.75) is 12.8 Å². The number of hydrogen-bond donors (Lipinski definition) is 0. The minimum Gasteiger partial charge on any atom is -0.454 e. The van der Waals surface area contributed by atoms with Crippen molar-refractivity contribution in [2.24, 2.45) is 0 Å². The molecule has 128 valence electrons. The summed E-state index contributed by atoms with van der Waals surface area (Å²) in [6, 6.07) is 25.7. The summed E-state index contributed by atoms with van der Waals surface area (Å²) in [7, 11) is 0. The van der Waals surface area contributed by atoms with Gasteiger partial charge in [0, 0.05) is 17.0 Å². The van der Waals surface area contributed by atoms with Gasteiger partial charge in [0.25, 0.3) is 0 Å². The van der Waals surface area contributed by atoms with Crippen LogP contribution in [0.5, 0.6) is 0 Å². The van der Waals surface area contributed by atoms with E-state index >= 15 is 0 Å². The Labute approximate surface area is 157 Å². The number of hydrogen-bond acceptors (Lipinski definition) is 2. The minimum atomic E-state index is 0.0982. The smallest absolute Gasteiger partial charge is 0.157 e. The van der Waals surface area contributed by atoms with Crippen molar-refractivity contribution in [3.8, 4) is 11.1 Å². The summed E-state index contributed by atoms with van der Waals surface area (Å²) in [4.78, 5) is 4.81. The number of fused-ring (bicyclic) bond motifs is 6. The summed E-state index contributed by atoms with van der Waals surface area (Å²) in [6.45, 7) is 2.15. The predicted octanol–water partition coefficient (Wildman–Crippen LogP) is 6.45. The molecule has 0 bridgehead atoms. The lowest BCUT2D eigenvalue weighted by atomic mass is 9.92. The molecule has 2 nitrogen and oxygen atoms in total. The number of rotatable bonds is 1. The summed E-state index contributed by atoms with van der Waals surface area (Å²) in [6.07, 6.45) is 1.91. The Hall–Kier alpha value is -3.39. The lowest BCUT2D eigenvalue weighted by molar-refractivity contribution is 0.657. The minimum absolute atomic E-state index is 0.0982. The zero-order valence-electron chi connectivity index (χ0n) is 14.9. The van der Waals surface area contributed by atoms with Crippen molar-refractivity contribution in [3.63, 3.8) is 0 Å². The van der Waals surface area contributed by atoms with Gasteiger partial charge in [-0.2, -0.15) is 0 Å². The van der Waals surface area contributed by atoms with Crippen molar-refractivity contribution >= 4 is 21.9 Å². The molecule has 1 atom stereocenters. The van der Waals surface area contributed by atoms with Gasteiger partial charge in [-0.05, 0) is 41.3 Å². The number of nitrogens with zero attached hydrogens (tertiary/aromatic N) is 1. The Balaban J connectivity index is 1.70. The van der Waals surface area contributed by atoms with Crippen LogP contribution in [-0.2, 0) is 0 Å². The van der Waals surface area contributed by atoms with E-state index < -0.39 is 0 Å². The van der Waals surface area contributed by atoms with Crippen LogP contribution in [0.1, 0.15) is 28.3 Å². The number of benzene rings is 3. The van der Waals surface area contributed by atoms with Crippen LogP contribution < -0.4 is 0 Å². The van der Waals surface area contributed by atoms with Gasteiger partial charge in [-0.25, -0.2) is 0 Å². The zero-order valence-corrected chi connectivity index (χ0v) is 14.9. The Morgan fingerprint density at radius 1 is 0.778 bits per heavy atom. The highest BCUT2D eigenvalue weighted by molar-refractivity contribution is 6.06. The highest BCUT2D eigenvalue weighted by atomic mass is 16.3. The molecule has 5 aromatic rings. The number of aromatic nitrogens is 1. The van der Waals surface area contributed by atoms with Gasteiger partial charge in [0.15, 0.2) is 5.58 Å².